The largest absolute Gasteiger partial charge is 0.508 e. The number of methoxy groups -OCH3 is 1. The number of hydrogen-bond donors (Lipinski definition) is 1. The number of aromatic hydroxyl groups is 1. The van der Waals surface area contributed by atoms with E-state index < -0.39 is 53.2 Å². The summed E-state index contributed by atoms with van der Waals surface area (Å²) in [5, 5.41) is 11.4. The van der Waals surface area contributed by atoms with E-state index in [4.69, 9.17) is 4.74 Å². The number of phenolic OH excluding ortho intramolecular Hbond substituents is 1. The molecule has 9 rings (SSSR count). The molecule has 4 amide bonds. The first-order valence-corrected chi connectivity index (χ1v) is 18.9. The Labute approximate surface area is 328 Å². The van der Waals surface area contributed by atoms with Crippen molar-refractivity contribution in [3.05, 3.63) is 167 Å². The molecule has 2 saturated heterocycles. The van der Waals surface area contributed by atoms with Crippen molar-refractivity contribution in [2.75, 3.05) is 16.9 Å². The zero-order valence-corrected chi connectivity index (χ0v) is 30.8. The molecule has 2 heterocycles. The van der Waals surface area contributed by atoms with E-state index in [1.807, 2.05) is 18.2 Å². The Kier molecular flexibility index (Phi) is 8.76. The van der Waals surface area contributed by atoms with Gasteiger partial charge in [-0.2, -0.15) is 0 Å². The summed E-state index contributed by atoms with van der Waals surface area (Å²) < 4.78 is 5.34. The first kappa shape index (κ1) is 35.7. The smallest absolute Gasteiger partial charge is 0.238 e. The quantitative estimate of drug-likeness (QED) is 0.103. The molecule has 4 aliphatic rings. The average Bonchev–Trinajstić information content (AvgIpc) is 3.66. The minimum atomic E-state index is -0.903. The Morgan fingerprint density at radius 1 is 0.579 bits per heavy atom. The van der Waals surface area contributed by atoms with Gasteiger partial charge in [-0.15, -0.1) is 0 Å². The third-order valence-corrected chi connectivity index (χ3v) is 12.1. The molecule has 6 atom stereocenters. The summed E-state index contributed by atoms with van der Waals surface area (Å²) in [6.07, 6.45) is 2.29. The lowest BCUT2D eigenvalue weighted by Crippen LogP contribution is -2.43. The van der Waals surface area contributed by atoms with Crippen LogP contribution in [0, 0.1) is 29.6 Å². The molecule has 282 valence electrons. The van der Waals surface area contributed by atoms with Gasteiger partial charge >= 0.3 is 0 Å². The van der Waals surface area contributed by atoms with Crippen LogP contribution < -0.4 is 14.5 Å². The van der Waals surface area contributed by atoms with Gasteiger partial charge in [-0.1, -0.05) is 78.4 Å². The maximum Gasteiger partial charge on any atom is 0.238 e. The number of rotatable bonds is 8. The number of anilines is 2. The van der Waals surface area contributed by atoms with E-state index in [1.165, 1.54) is 18.1 Å². The molecule has 3 fully saturated rings. The molecule has 6 unspecified atom stereocenters. The SMILES string of the molecule is COc1ccc(C2C3=CCC4C(=O)N(c5ccc(C(=O)c6ccccc6)cc5)C(=O)C4C3CC3C(=O)N(c4ccc(C(=O)c5ccccc5)cc4)C(=O)C32)c(O)c1. The fourth-order valence-corrected chi connectivity index (χ4v) is 9.40. The first-order chi connectivity index (χ1) is 27.7. The van der Waals surface area contributed by atoms with Gasteiger partial charge in [0, 0.05) is 39.8 Å². The van der Waals surface area contributed by atoms with Gasteiger partial charge in [-0.25, -0.2) is 0 Å². The number of phenols is 1. The van der Waals surface area contributed by atoms with Crippen LogP contribution in [0.5, 0.6) is 11.5 Å². The van der Waals surface area contributed by atoms with Gasteiger partial charge in [0.1, 0.15) is 11.5 Å². The van der Waals surface area contributed by atoms with E-state index in [0.717, 1.165) is 10.5 Å². The summed E-state index contributed by atoms with van der Waals surface area (Å²) in [7, 11) is 1.48. The minimum Gasteiger partial charge on any atom is -0.508 e. The Morgan fingerprint density at radius 2 is 1.07 bits per heavy atom. The molecule has 0 bridgehead atoms. The lowest BCUT2D eigenvalue weighted by molar-refractivity contribution is -0.126. The topological polar surface area (TPSA) is 138 Å². The molecular formula is C47H36N2O8. The van der Waals surface area contributed by atoms with Crippen LogP contribution in [0.2, 0.25) is 0 Å². The normalized spacial score (nSPS) is 23.8. The van der Waals surface area contributed by atoms with Gasteiger partial charge in [0.15, 0.2) is 11.6 Å². The number of amides is 4. The molecule has 0 spiro atoms. The summed E-state index contributed by atoms with van der Waals surface area (Å²) in [6, 6.07) is 35.2. The molecule has 10 heteroatoms. The first-order valence-electron chi connectivity index (χ1n) is 18.9. The number of imide groups is 2. The molecule has 0 aromatic heterocycles. The minimum absolute atomic E-state index is 0.121. The fourth-order valence-electron chi connectivity index (χ4n) is 9.40. The molecule has 1 saturated carbocycles. The molecule has 2 aliphatic carbocycles. The molecule has 5 aromatic carbocycles. The average molecular weight is 757 g/mol. The van der Waals surface area contributed by atoms with Gasteiger partial charge in [0.25, 0.3) is 0 Å². The number of hydrogen-bond acceptors (Lipinski definition) is 8. The van der Waals surface area contributed by atoms with Crippen molar-refractivity contribution in [1.29, 1.82) is 0 Å². The summed E-state index contributed by atoms with van der Waals surface area (Å²) >= 11 is 0. The van der Waals surface area contributed by atoms with Crippen molar-refractivity contribution >= 4 is 46.6 Å². The summed E-state index contributed by atoms with van der Waals surface area (Å²) in [4.78, 5) is 86.2. The second kappa shape index (κ2) is 14.0. The number of ketones is 2. The molecular weight excluding hydrogens is 721 g/mol. The van der Waals surface area contributed by atoms with Crippen molar-refractivity contribution in [2.45, 2.75) is 18.8 Å². The standard InChI is InChI=1S/C47H36N2O8/c1-57-32-20-21-34(38(50)24-32)39-33-22-23-35-40(46(55)48(44(35)53)30-16-12-28(13-17-30)42(51)26-8-4-2-5-9-26)36(33)25-37-41(39)47(56)49(45(37)54)31-18-14-29(15-19-31)43(52)27-10-6-3-7-11-27/h2-22,24,35-37,39-41,50H,23,25H2,1H3. The van der Waals surface area contributed by atoms with Crippen LogP contribution in [0.25, 0.3) is 0 Å². The predicted octanol–water partition coefficient (Wildman–Crippen LogP) is 6.91. The Bertz CT molecular complexity index is 2510. The fraction of sp³-hybridized carbons (Fsp3) is 0.191. The summed E-state index contributed by atoms with van der Waals surface area (Å²) in [6.45, 7) is 0. The molecule has 1 N–H and O–H groups in total. The molecule has 10 nitrogen and oxygen atoms in total. The summed E-state index contributed by atoms with van der Waals surface area (Å²) in [5.74, 6) is -6.41. The zero-order valence-electron chi connectivity index (χ0n) is 30.8. The lowest BCUT2D eigenvalue weighted by atomic mass is 9.57. The highest BCUT2D eigenvalue weighted by molar-refractivity contribution is 6.24. The number of carbonyl (C=O) groups excluding carboxylic acids is 6. The van der Waals surface area contributed by atoms with Crippen LogP contribution in [0.4, 0.5) is 11.4 Å². The molecule has 2 aliphatic heterocycles. The van der Waals surface area contributed by atoms with E-state index in [1.54, 1.807) is 109 Å². The van der Waals surface area contributed by atoms with Gasteiger partial charge in [0.2, 0.25) is 23.6 Å². The number of nitrogens with zero attached hydrogens (tertiary/aromatic N) is 2. The number of fused-ring (bicyclic) bond motifs is 4. The highest BCUT2D eigenvalue weighted by atomic mass is 16.5. The van der Waals surface area contributed by atoms with Gasteiger partial charge in [-0.3, -0.25) is 38.6 Å². The van der Waals surface area contributed by atoms with E-state index in [-0.39, 0.29) is 36.1 Å². The molecule has 5 aromatic rings. The van der Waals surface area contributed by atoms with Gasteiger partial charge in [0.05, 0.1) is 42.2 Å². The van der Waals surface area contributed by atoms with Crippen molar-refractivity contribution in [3.8, 4) is 11.5 Å². The number of benzene rings is 5. The van der Waals surface area contributed by atoms with E-state index in [9.17, 15) is 33.9 Å². The van der Waals surface area contributed by atoms with E-state index in [0.29, 0.717) is 44.9 Å². The van der Waals surface area contributed by atoms with E-state index in [2.05, 4.69) is 0 Å². The van der Waals surface area contributed by atoms with Crippen molar-refractivity contribution < 1.29 is 38.6 Å². The van der Waals surface area contributed by atoms with Crippen LogP contribution in [0.15, 0.2) is 139 Å². The highest BCUT2D eigenvalue weighted by Gasteiger charge is 2.62. The Hall–Kier alpha value is -6.94. The van der Waals surface area contributed by atoms with E-state index >= 15 is 0 Å². The Balaban J connectivity index is 1.06. The van der Waals surface area contributed by atoms with Crippen molar-refractivity contribution in [3.63, 3.8) is 0 Å². The monoisotopic (exact) mass is 756 g/mol. The second-order valence-corrected chi connectivity index (χ2v) is 15.0. The van der Waals surface area contributed by atoms with Crippen LogP contribution in [0.1, 0.15) is 56.2 Å². The maximum atomic E-state index is 14.6. The number of allylic oxidation sites excluding steroid dienone is 2. The molecule has 57 heavy (non-hydrogen) atoms. The van der Waals surface area contributed by atoms with Crippen LogP contribution in [-0.4, -0.2) is 47.4 Å². The third kappa shape index (κ3) is 5.78. The summed E-state index contributed by atoms with van der Waals surface area (Å²) in [5.41, 5.74) is 3.64. The second-order valence-electron chi connectivity index (χ2n) is 15.0. The van der Waals surface area contributed by atoms with Crippen LogP contribution in [0.3, 0.4) is 0 Å². The third-order valence-electron chi connectivity index (χ3n) is 12.1. The van der Waals surface area contributed by atoms with Crippen molar-refractivity contribution in [2.24, 2.45) is 29.6 Å². The molecule has 0 radical (unpaired) electrons. The Morgan fingerprint density at radius 3 is 1.58 bits per heavy atom. The lowest BCUT2D eigenvalue weighted by Gasteiger charge is -2.44. The van der Waals surface area contributed by atoms with Gasteiger partial charge < -0.3 is 9.84 Å². The zero-order chi connectivity index (χ0) is 39.5. The number of ether oxygens (including phenoxy) is 1. The highest BCUT2D eigenvalue weighted by Crippen LogP contribution is 2.59. The van der Waals surface area contributed by atoms with Crippen LogP contribution >= 0.6 is 0 Å². The maximum absolute atomic E-state index is 14.6. The van der Waals surface area contributed by atoms with Gasteiger partial charge in [-0.05, 0) is 73.4 Å². The predicted molar refractivity (Wildman–Crippen MR) is 210 cm³/mol. The van der Waals surface area contributed by atoms with Crippen LogP contribution in [-0.2, 0) is 19.2 Å². The number of carbonyl (C=O) groups is 6. The van der Waals surface area contributed by atoms with Crippen molar-refractivity contribution in [1.82, 2.24) is 0 Å².